The Hall–Kier alpha value is -1.62. The fourth-order valence-electron chi connectivity index (χ4n) is 2.14. The Kier molecular flexibility index (Phi) is 4.95. The maximum absolute atomic E-state index is 6.04. The third-order valence-corrected chi connectivity index (χ3v) is 4.15. The molecule has 20 heavy (non-hydrogen) atoms. The molecule has 108 valence electrons. The molecule has 2 heterocycles. The molecule has 0 aliphatic carbocycles. The second-order valence-electron chi connectivity index (χ2n) is 4.82. The van der Waals surface area contributed by atoms with E-state index in [-0.39, 0.29) is 0 Å². The van der Waals surface area contributed by atoms with Gasteiger partial charge in [-0.05, 0) is 31.7 Å². The Bertz CT molecular complexity index is 551. The predicted molar refractivity (Wildman–Crippen MR) is 86.2 cm³/mol. The summed E-state index contributed by atoms with van der Waals surface area (Å²) in [6, 6.07) is 4.23. The van der Waals surface area contributed by atoms with Crippen LogP contribution in [0.2, 0.25) is 0 Å². The summed E-state index contributed by atoms with van der Waals surface area (Å²) >= 11 is 1.77. The van der Waals surface area contributed by atoms with Crippen LogP contribution in [0.1, 0.15) is 36.5 Å². The van der Waals surface area contributed by atoms with E-state index in [4.69, 9.17) is 10.7 Å². The molecule has 0 unspecified atom stereocenters. The number of thiophene rings is 1. The fraction of sp³-hybridized carbons (Fsp3) is 0.467. The van der Waals surface area contributed by atoms with Crippen molar-refractivity contribution < 1.29 is 0 Å². The van der Waals surface area contributed by atoms with Crippen LogP contribution in [0.15, 0.2) is 17.5 Å². The number of rotatable bonds is 6. The van der Waals surface area contributed by atoms with E-state index in [1.54, 1.807) is 11.3 Å². The van der Waals surface area contributed by atoms with Gasteiger partial charge in [0.2, 0.25) is 0 Å². The summed E-state index contributed by atoms with van der Waals surface area (Å²) in [5, 5.41) is 2.10. The topological polar surface area (TPSA) is 55.0 Å². The number of anilines is 2. The van der Waals surface area contributed by atoms with E-state index in [1.807, 2.05) is 6.92 Å². The summed E-state index contributed by atoms with van der Waals surface area (Å²) in [5.41, 5.74) is 7.02. The highest BCUT2D eigenvalue weighted by atomic mass is 32.1. The van der Waals surface area contributed by atoms with Crippen LogP contribution in [0.3, 0.4) is 0 Å². The van der Waals surface area contributed by atoms with Gasteiger partial charge in [0, 0.05) is 23.4 Å². The second kappa shape index (κ2) is 6.70. The third-order valence-electron chi connectivity index (χ3n) is 3.29. The predicted octanol–water partition coefficient (Wildman–Crippen LogP) is 3.41. The average molecular weight is 290 g/mol. The zero-order chi connectivity index (χ0) is 14.5. The Morgan fingerprint density at radius 2 is 2.10 bits per heavy atom. The normalized spacial score (nSPS) is 10.8. The Labute approximate surface area is 124 Å². The van der Waals surface area contributed by atoms with E-state index in [9.17, 15) is 0 Å². The molecule has 0 aromatic carbocycles. The van der Waals surface area contributed by atoms with E-state index < -0.39 is 0 Å². The lowest BCUT2D eigenvalue weighted by Gasteiger charge is -2.24. The molecule has 2 rings (SSSR count). The lowest BCUT2D eigenvalue weighted by Crippen LogP contribution is -2.25. The largest absolute Gasteiger partial charge is 0.383 e. The van der Waals surface area contributed by atoms with Crippen molar-refractivity contribution in [1.29, 1.82) is 0 Å². The number of nitrogens with zero attached hydrogens (tertiary/aromatic N) is 3. The van der Waals surface area contributed by atoms with Crippen molar-refractivity contribution in [3.63, 3.8) is 0 Å². The van der Waals surface area contributed by atoms with E-state index in [1.165, 1.54) is 4.88 Å². The van der Waals surface area contributed by atoms with Crippen molar-refractivity contribution in [2.24, 2.45) is 0 Å². The molecule has 0 radical (unpaired) electrons. The lowest BCUT2D eigenvalue weighted by molar-refractivity contribution is 0.781. The molecule has 4 nitrogen and oxygen atoms in total. The van der Waals surface area contributed by atoms with Gasteiger partial charge in [0.05, 0.1) is 6.54 Å². The smallest absolute Gasteiger partial charge is 0.137 e. The van der Waals surface area contributed by atoms with Crippen molar-refractivity contribution in [3.8, 4) is 0 Å². The van der Waals surface area contributed by atoms with E-state index in [0.717, 1.165) is 43.1 Å². The highest BCUT2D eigenvalue weighted by molar-refractivity contribution is 7.09. The molecule has 2 aromatic rings. The molecule has 0 bridgehead atoms. The molecule has 0 fully saturated rings. The molecule has 0 saturated carbocycles. The molecular weight excluding hydrogens is 268 g/mol. The van der Waals surface area contributed by atoms with E-state index >= 15 is 0 Å². The van der Waals surface area contributed by atoms with E-state index in [0.29, 0.717) is 5.82 Å². The van der Waals surface area contributed by atoms with Gasteiger partial charge in [-0.2, -0.15) is 0 Å². The van der Waals surface area contributed by atoms with Crippen LogP contribution in [0.4, 0.5) is 11.6 Å². The molecule has 0 aliphatic rings. The molecule has 0 aliphatic heterocycles. The Morgan fingerprint density at radius 3 is 2.70 bits per heavy atom. The number of nitrogens with two attached hydrogens (primary N) is 1. The van der Waals surface area contributed by atoms with Gasteiger partial charge in [0.1, 0.15) is 17.5 Å². The summed E-state index contributed by atoms with van der Waals surface area (Å²) in [6.07, 6.45) is 1.90. The summed E-state index contributed by atoms with van der Waals surface area (Å²) in [4.78, 5) is 12.7. The van der Waals surface area contributed by atoms with Gasteiger partial charge >= 0.3 is 0 Å². The zero-order valence-corrected chi connectivity index (χ0v) is 13.2. The van der Waals surface area contributed by atoms with Crippen molar-refractivity contribution in [2.75, 3.05) is 17.2 Å². The summed E-state index contributed by atoms with van der Waals surface area (Å²) < 4.78 is 0. The molecule has 2 aromatic heterocycles. The van der Waals surface area contributed by atoms with Crippen LogP contribution >= 0.6 is 11.3 Å². The molecule has 0 spiro atoms. The third kappa shape index (κ3) is 3.28. The maximum Gasteiger partial charge on any atom is 0.137 e. The van der Waals surface area contributed by atoms with Crippen LogP contribution < -0.4 is 10.6 Å². The minimum Gasteiger partial charge on any atom is -0.383 e. The second-order valence-corrected chi connectivity index (χ2v) is 5.85. The quantitative estimate of drug-likeness (QED) is 0.886. The number of aromatic nitrogens is 2. The standard InChI is InChI=1S/C15H22N4S/c1-4-7-13-17-14(16)11(3)15(18-13)19(5-2)10-12-8-6-9-20-12/h6,8-9H,4-5,7,10H2,1-3H3,(H2,16,17,18). The monoisotopic (exact) mass is 290 g/mol. The first-order valence-corrected chi connectivity index (χ1v) is 7.94. The van der Waals surface area contributed by atoms with Crippen LogP contribution in [0, 0.1) is 6.92 Å². The zero-order valence-electron chi connectivity index (χ0n) is 12.4. The Morgan fingerprint density at radius 1 is 1.30 bits per heavy atom. The lowest BCUT2D eigenvalue weighted by atomic mass is 10.2. The molecule has 5 heteroatoms. The van der Waals surface area contributed by atoms with Crippen molar-refractivity contribution in [1.82, 2.24) is 9.97 Å². The number of hydrogen-bond donors (Lipinski definition) is 1. The van der Waals surface area contributed by atoms with Gasteiger partial charge in [-0.3, -0.25) is 0 Å². The maximum atomic E-state index is 6.04. The van der Waals surface area contributed by atoms with Crippen LogP contribution in [0.25, 0.3) is 0 Å². The van der Waals surface area contributed by atoms with Gasteiger partial charge < -0.3 is 10.6 Å². The van der Waals surface area contributed by atoms with E-state index in [2.05, 4.69) is 41.2 Å². The Balaban J connectivity index is 2.32. The molecule has 0 saturated heterocycles. The molecule has 0 atom stereocenters. The minimum absolute atomic E-state index is 0.600. The molecule has 0 amide bonds. The van der Waals surface area contributed by atoms with Gasteiger partial charge in [0.15, 0.2) is 0 Å². The van der Waals surface area contributed by atoms with Crippen molar-refractivity contribution in [3.05, 3.63) is 33.8 Å². The minimum atomic E-state index is 0.600. The van der Waals surface area contributed by atoms with Crippen molar-refractivity contribution >= 4 is 23.0 Å². The van der Waals surface area contributed by atoms with Gasteiger partial charge in [-0.15, -0.1) is 11.3 Å². The highest BCUT2D eigenvalue weighted by Crippen LogP contribution is 2.24. The number of hydrogen-bond acceptors (Lipinski definition) is 5. The highest BCUT2D eigenvalue weighted by Gasteiger charge is 2.15. The molecule has 2 N–H and O–H groups in total. The summed E-state index contributed by atoms with van der Waals surface area (Å²) in [7, 11) is 0. The number of nitrogen functional groups attached to an aromatic ring is 1. The van der Waals surface area contributed by atoms with Crippen molar-refractivity contribution in [2.45, 2.75) is 40.2 Å². The van der Waals surface area contributed by atoms with Gasteiger partial charge in [-0.25, -0.2) is 9.97 Å². The average Bonchev–Trinajstić information content (AvgIpc) is 2.93. The first kappa shape index (κ1) is 14.8. The van der Waals surface area contributed by atoms with Gasteiger partial charge in [-0.1, -0.05) is 13.0 Å². The summed E-state index contributed by atoms with van der Waals surface area (Å²) in [6.45, 7) is 8.04. The fourth-order valence-corrected chi connectivity index (χ4v) is 2.86. The molecular formula is C15H22N4S. The first-order valence-electron chi connectivity index (χ1n) is 7.06. The number of aryl methyl sites for hydroxylation is 1. The van der Waals surface area contributed by atoms with Crippen LogP contribution in [0.5, 0.6) is 0 Å². The SMILES string of the molecule is CCCc1nc(N)c(C)c(N(CC)Cc2cccs2)n1. The van der Waals surface area contributed by atoms with Crippen LogP contribution in [-0.4, -0.2) is 16.5 Å². The summed E-state index contributed by atoms with van der Waals surface area (Å²) in [5.74, 6) is 2.41. The van der Waals surface area contributed by atoms with Gasteiger partial charge in [0.25, 0.3) is 0 Å². The van der Waals surface area contributed by atoms with Crippen LogP contribution in [-0.2, 0) is 13.0 Å². The first-order chi connectivity index (χ1) is 9.65.